The van der Waals surface area contributed by atoms with Gasteiger partial charge in [0.15, 0.2) is 17.5 Å². The van der Waals surface area contributed by atoms with E-state index in [4.69, 9.17) is 19.4 Å². The molecule has 322 valence electrons. The summed E-state index contributed by atoms with van der Waals surface area (Å²) in [5.74, 6) is 1.78. The molecular formula is C63H39N5O. The van der Waals surface area contributed by atoms with Crippen LogP contribution in [-0.2, 0) is 0 Å². The molecule has 4 aromatic heterocycles. The first-order chi connectivity index (χ1) is 34.2. The topological polar surface area (TPSA) is 61.7 Å². The summed E-state index contributed by atoms with van der Waals surface area (Å²) in [4.78, 5) is 15.5. The summed E-state index contributed by atoms with van der Waals surface area (Å²) in [5, 5.41) is 6.64. The zero-order chi connectivity index (χ0) is 45.4. The van der Waals surface area contributed by atoms with Crippen molar-refractivity contribution in [2.75, 3.05) is 0 Å². The quantitative estimate of drug-likeness (QED) is 0.160. The van der Waals surface area contributed by atoms with Crippen LogP contribution in [0.25, 0.3) is 133 Å². The van der Waals surface area contributed by atoms with Crippen LogP contribution in [0.1, 0.15) is 0 Å². The monoisotopic (exact) mass is 881 g/mol. The van der Waals surface area contributed by atoms with Crippen LogP contribution in [0.2, 0.25) is 0 Å². The van der Waals surface area contributed by atoms with Gasteiger partial charge in [-0.3, -0.25) is 0 Å². The smallest absolute Gasteiger partial charge is 0.164 e. The summed E-state index contributed by atoms with van der Waals surface area (Å²) in [6, 6.07) is 83.3. The van der Waals surface area contributed by atoms with Crippen molar-refractivity contribution in [1.82, 2.24) is 24.1 Å². The Hall–Kier alpha value is -9.39. The Kier molecular flexibility index (Phi) is 8.79. The van der Waals surface area contributed by atoms with Crippen molar-refractivity contribution in [1.29, 1.82) is 0 Å². The third-order valence-electron chi connectivity index (χ3n) is 13.6. The van der Waals surface area contributed by atoms with Gasteiger partial charge < -0.3 is 13.6 Å². The predicted molar refractivity (Wildman–Crippen MR) is 283 cm³/mol. The van der Waals surface area contributed by atoms with Crippen molar-refractivity contribution >= 4 is 65.6 Å². The van der Waals surface area contributed by atoms with E-state index in [9.17, 15) is 0 Å². The Morgan fingerprint density at radius 3 is 1.33 bits per heavy atom. The minimum absolute atomic E-state index is 0.570. The molecule has 0 saturated carbocycles. The maximum atomic E-state index is 7.23. The minimum Gasteiger partial charge on any atom is -0.455 e. The van der Waals surface area contributed by atoms with Gasteiger partial charge in [-0.1, -0.05) is 182 Å². The van der Waals surface area contributed by atoms with Gasteiger partial charge in [-0.15, -0.1) is 0 Å². The lowest BCUT2D eigenvalue weighted by atomic mass is 9.92. The second-order valence-electron chi connectivity index (χ2n) is 17.5. The number of para-hydroxylation sites is 6. The molecule has 0 unspecified atom stereocenters. The van der Waals surface area contributed by atoms with Crippen LogP contribution in [-0.4, -0.2) is 24.1 Å². The fraction of sp³-hybridized carbons (Fsp3) is 0. The van der Waals surface area contributed by atoms with Crippen LogP contribution in [0.5, 0.6) is 0 Å². The summed E-state index contributed by atoms with van der Waals surface area (Å²) in [6.45, 7) is 0. The molecule has 0 spiro atoms. The van der Waals surface area contributed by atoms with Gasteiger partial charge in [0.2, 0.25) is 0 Å². The van der Waals surface area contributed by atoms with Crippen LogP contribution < -0.4 is 0 Å². The van der Waals surface area contributed by atoms with Crippen LogP contribution in [0.15, 0.2) is 241 Å². The first-order valence-electron chi connectivity index (χ1n) is 23.3. The highest BCUT2D eigenvalue weighted by molar-refractivity contribution is 6.21. The molecule has 0 saturated heterocycles. The minimum atomic E-state index is 0.570. The molecule has 0 amide bonds. The first kappa shape index (κ1) is 38.8. The molecule has 0 radical (unpaired) electrons. The molecule has 0 N–H and O–H groups in total. The number of hydrogen-bond acceptors (Lipinski definition) is 4. The number of hydrogen-bond donors (Lipinski definition) is 0. The van der Waals surface area contributed by atoms with E-state index in [1.54, 1.807) is 0 Å². The number of benzene rings is 10. The van der Waals surface area contributed by atoms with Crippen LogP contribution in [0.4, 0.5) is 0 Å². The Morgan fingerprint density at radius 1 is 0.304 bits per heavy atom. The zero-order valence-electron chi connectivity index (χ0n) is 37.2. The van der Waals surface area contributed by atoms with Crippen LogP contribution in [0, 0.1) is 0 Å². The van der Waals surface area contributed by atoms with Gasteiger partial charge in [0, 0.05) is 77.1 Å². The average Bonchev–Trinajstić information content (AvgIpc) is 4.10. The molecule has 14 aromatic rings. The maximum Gasteiger partial charge on any atom is 0.164 e. The highest BCUT2D eigenvalue weighted by atomic mass is 16.3. The highest BCUT2D eigenvalue weighted by Gasteiger charge is 2.25. The zero-order valence-corrected chi connectivity index (χ0v) is 37.2. The van der Waals surface area contributed by atoms with Crippen molar-refractivity contribution in [3.63, 3.8) is 0 Å². The fourth-order valence-electron chi connectivity index (χ4n) is 10.6. The van der Waals surface area contributed by atoms with Crippen molar-refractivity contribution in [2.24, 2.45) is 0 Å². The maximum absolute atomic E-state index is 7.23. The molecule has 14 rings (SSSR count). The lowest BCUT2D eigenvalue weighted by Gasteiger charge is -2.15. The lowest BCUT2D eigenvalue weighted by Crippen LogP contribution is -2.00. The van der Waals surface area contributed by atoms with Gasteiger partial charge in [0.1, 0.15) is 11.2 Å². The van der Waals surface area contributed by atoms with E-state index in [1.165, 1.54) is 21.5 Å². The van der Waals surface area contributed by atoms with Crippen LogP contribution in [0.3, 0.4) is 0 Å². The van der Waals surface area contributed by atoms with Gasteiger partial charge in [0.05, 0.1) is 22.1 Å². The molecule has 0 aliphatic heterocycles. The molecule has 0 bridgehead atoms. The molecule has 6 heteroatoms. The number of furan rings is 1. The van der Waals surface area contributed by atoms with Gasteiger partial charge in [-0.2, -0.15) is 0 Å². The average molecular weight is 882 g/mol. The Balaban J connectivity index is 1.12. The SMILES string of the molecule is c1ccc(-c2nc(-c3ccccc3)nc(-c3cccc4oc5c(-c6cccc7c8ccccc8n(-c8ccccc8)c67)cc(-c6cccc7c8ccccc8n(-c8ccccc8)c67)cc5c34)n2)cc1. The lowest BCUT2D eigenvalue weighted by molar-refractivity contribution is 0.670. The standard InChI is InChI=1S/C63H39N5O/c1-5-20-40(21-6-1)61-64-62(41-22-7-2-8-23-41)66-63(65-61)51-34-19-37-56-57(51)53-39-42(45-30-17-31-48-46-28-13-15-35-54(46)67(58(45)48)43-24-9-3-10-25-43)38-52(60(53)69-56)50-33-18-32-49-47-29-14-16-36-55(47)68(59(49)50)44-26-11-4-12-27-44/h1-39H. The first-order valence-corrected chi connectivity index (χ1v) is 23.3. The number of aromatic nitrogens is 5. The van der Waals surface area contributed by atoms with Crippen LogP contribution >= 0.6 is 0 Å². The van der Waals surface area contributed by atoms with E-state index in [0.29, 0.717) is 17.5 Å². The Morgan fingerprint density at radius 2 is 0.754 bits per heavy atom. The normalized spacial score (nSPS) is 11.8. The second-order valence-corrected chi connectivity index (χ2v) is 17.5. The third kappa shape index (κ3) is 6.16. The molecule has 6 nitrogen and oxygen atoms in total. The molecule has 0 aliphatic rings. The summed E-state index contributed by atoms with van der Waals surface area (Å²) >= 11 is 0. The van der Waals surface area contributed by atoms with E-state index in [2.05, 4.69) is 179 Å². The molecule has 69 heavy (non-hydrogen) atoms. The Labute approximate surface area is 396 Å². The summed E-state index contributed by atoms with van der Waals surface area (Å²) in [7, 11) is 0. The number of nitrogens with zero attached hydrogens (tertiary/aromatic N) is 5. The third-order valence-corrected chi connectivity index (χ3v) is 13.6. The van der Waals surface area contributed by atoms with E-state index < -0.39 is 0 Å². The van der Waals surface area contributed by atoms with E-state index in [0.717, 1.165) is 94.3 Å². The fourth-order valence-corrected chi connectivity index (χ4v) is 10.6. The van der Waals surface area contributed by atoms with Gasteiger partial charge in [-0.05, 0) is 60.2 Å². The summed E-state index contributed by atoms with van der Waals surface area (Å²) in [6.07, 6.45) is 0. The summed E-state index contributed by atoms with van der Waals surface area (Å²) < 4.78 is 12.1. The number of fused-ring (bicyclic) bond motifs is 9. The van der Waals surface area contributed by atoms with Gasteiger partial charge in [0.25, 0.3) is 0 Å². The van der Waals surface area contributed by atoms with Gasteiger partial charge in [-0.25, -0.2) is 15.0 Å². The molecule has 4 heterocycles. The van der Waals surface area contributed by atoms with Crippen molar-refractivity contribution < 1.29 is 4.42 Å². The van der Waals surface area contributed by atoms with Gasteiger partial charge >= 0.3 is 0 Å². The molecule has 0 fully saturated rings. The predicted octanol–water partition coefficient (Wildman–Crippen LogP) is 16.3. The second kappa shape index (κ2) is 15.6. The summed E-state index contributed by atoms with van der Waals surface area (Å²) in [5.41, 5.74) is 15.2. The van der Waals surface area contributed by atoms with Crippen molar-refractivity contribution in [3.8, 4) is 67.8 Å². The largest absolute Gasteiger partial charge is 0.455 e. The highest BCUT2D eigenvalue weighted by Crippen LogP contribution is 2.47. The van der Waals surface area contributed by atoms with E-state index >= 15 is 0 Å². The number of rotatable bonds is 7. The Bertz CT molecular complexity index is 4230. The van der Waals surface area contributed by atoms with E-state index in [-0.39, 0.29) is 0 Å². The van der Waals surface area contributed by atoms with E-state index in [1.807, 2.05) is 66.7 Å². The molecule has 10 aromatic carbocycles. The van der Waals surface area contributed by atoms with Crippen molar-refractivity contribution in [3.05, 3.63) is 237 Å². The molecular weight excluding hydrogens is 843 g/mol. The molecule has 0 atom stereocenters. The molecule has 0 aliphatic carbocycles. The van der Waals surface area contributed by atoms with Crippen molar-refractivity contribution in [2.45, 2.75) is 0 Å².